The molecule has 0 rings (SSSR count). The van der Waals surface area contributed by atoms with Crippen molar-refractivity contribution in [3.63, 3.8) is 0 Å². The maximum atomic E-state index is 12.8. The standard InChI is InChI=1S/C58H102O6/c1-4-7-10-13-16-19-22-25-27-28-29-30-31-34-36-39-42-45-48-51-57(60)63-54-55(53-62-56(59)50-47-44-41-38-35-32-24-21-18-15-12-9-6-3)64-58(61)52-49-46-43-40-37-33-26-23-20-17-14-11-8-5-2/h14,16-17,19,21,23-27,55H,4-13,15,18,20,22,28-54H2,1-3H3/b17-14-,19-16-,24-21-,26-23-,27-25-/t55-/m1/s1. The summed E-state index contributed by atoms with van der Waals surface area (Å²) in [4.78, 5) is 38.0. The molecule has 0 radical (unpaired) electrons. The van der Waals surface area contributed by atoms with E-state index < -0.39 is 6.10 Å². The van der Waals surface area contributed by atoms with E-state index in [2.05, 4.69) is 81.5 Å². The Balaban J connectivity index is 4.37. The molecule has 0 fully saturated rings. The van der Waals surface area contributed by atoms with Crippen LogP contribution in [0.3, 0.4) is 0 Å². The van der Waals surface area contributed by atoms with Crippen molar-refractivity contribution >= 4 is 17.9 Å². The Bertz CT molecular complexity index is 1170. The van der Waals surface area contributed by atoms with E-state index in [0.29, 0.717) is 19.3 Å². The highest BCUT2D eigenvalue weighted by Gasteiger charge is 2.19. The third-order valence-corrected chi connectivity index (χ3v) is 11.7. The molecule has 0 N–H and O–H groups in total. The summed E-state index contributed by atoms with van der Waals surface area (Å²) in [6.45, 7) is 6.55. The highest BCUT2D eigenvalue weighted by molar-refractivity contribution is 5.71. The van der Waals surface area contributed by atoms with E-state index in [4.69, 9.17) is 14.2 Å². The van der Waals surface area contributed by atoms with E-state index in [1.807, 2.05) is 0 Å². The first kappa shape index (κ1) is 61.1. The first-order valence-corrected chi connectivity index (χ1v) is 27.3. The van der Waals surface area contributed by atoms with Crippen molar-refractivity contribution < 1.29 is 28.6 Å². The van der Waals surface area contributed by atoms with Crippen LogP contribution in [0.4, 0.5) is 0 Å². The molecule has 0 bridgehead atoms. The van der Waals surface area contributed by atoms with Crippen molar-refractivity contribution in [2.45, 2.75) is 277 Å². The molecule has 6 nitrogen and oxygen atoms in total. The van der Waals surface area contributed by atoms with Gasteiger partial charge in [0.05, 0.1) is 0 Å². The molecular weight excluding hydrogens is 793 g/mol. The topological polar surface area (TPSA) is 78.9 Å². The predicted octanol–water partition coefficient (Wildman–Crippen LogP) is 18.0. The van der Waals surface area contributed by atoms with Crippen molar-refractivity contribution in [2.75, 3.05) is 13.2 Å². The largest absolute Gasteiger partial charge is 0.462 e. The van der Waals surface area contributed by atoms with Gasteiger partial charge in [-0.3, -0.25) is 14.4 Å². The molecule has 0 saturated carbocycles. The lowest BCUT2D eigenvalue weighted by Crippen LogP contribution is -2.30. The van der Waals surface area contributed by atoms with Gasteiger partial charge in [0.1, 0.15) is 13.2 Å². The van der Waals surface area contributed by atoms with Crippen LogP contribution in [0.2, 0.25) is 0 Å². The maximum absolute atomic E-state index is 12.8. The van der Waals surface area contributed by atoms with Crippen LogP contribution >= 0.6 is 0 Å². The molecule has 6 heteroatoms. The number of ether oxygens (including phenoxy) is 3. The third kappa shape index (κ3) is 50.1. The molecule has 0 aromatic rings. The number of hydrogen-bond acceptors (Lipinski definition) is 6. The zero-order chi connectivity index (χ0) is 46.5. The lowest BCUT2D eigenvalue weighted by atomic mass is 10.1. The summed E-state index contributed by atoms with van der Waals surface area (Å²) in [5, 5.41) is 0. The van der Waals surface area contributed by atoms with Gasteiger partial charge >= 0.3 is 17.9 Å². The second kappa shape index (κ2) is 52.7. The molecule has 0 spiro atoms. The van der Waals surface area contributed by atoms with E-state index in [9.17, 15) is 14.4 Å². The Hall–Kier alpha value is -2.89. The Morgan fingerprint density at radius 2 is 0.578 bits per heavy atom. The summed E-state index contributed by atoms with van der Waals surface area (Å²) in [5.41, 5.74) is 0. The highest BCUT2D eigenvalue weighted by Crippen LogP contribution is 2.15. The Labute approximate surface area is 396 Å². The quantitative estimate of drug-likeness (QED) is 0.0262. The number of hydrogen-bond donors (Lipinski definition) is 0. The molecule has 0 aromatic heterocycles. The fourth-order valence-electron chi connectivity index (χ4n) is 7.54. The number of carbonyl (C=O) groups excluding carboxylic acids is 3. The van der Waals surface area contributed by atoms with Gasteiger partial charge in [-0.15, -0.1) is 0 Å². The molecule has 64 heavy (non-hydrogen) atoms. The van der Waals surface area contributed by atoms with Crippen LogP contribution in [-0.2, 0) is 28.6 Å². The zero-order valence-corrected chi connectivity index (χ0v) is 42.3. The molecule has 0 aliphatic carbocycles. The van der Waals surface area contributed by atoms with Gasteiger partial charge in [-0.05, 0) is 103 Å². The summed E-state index contributed by atoms with van der Waals surface area (Å²) in [6.07, 6.45) is 64.8. The van der Waals surface area contributed by atoms with Crippen LogP contribution in [-0.4, -0.2) is 37.2 Å². The Kier molecular flexibility index (Phi) is 50.4. The Morgan fingerprint density at radius 1 is 0.312 bits per heavy atom. The van der Waals surface area contributed by atoms with E-state index in [-0.39, 0.29) is 31.1 Å². The van der Waals surface area contributed by atoms with Crippen molar-refractivity contribution in [3.05, 3.63) is 60.8 Å². The second-order valence-electron chi connectivity index (χ2n) is 18.1. The maximum Gasteiger partial charge on any atom is 0.306 e. The third-order valence-electron chi connectivity index (χ3n) is 11.7. The number of esters is 3. The summed E-state index contributed by atoms with van der Waals surface area (Å²) >= 11 is 0. The molecule has 0 aliphatic heterocycles. The van der Waals surface area contributed by atoms with Gasteiger partial charge in [-0.25, -0.2) is 0 Å². The molecule has 0 amide bonds. The summed E-state index contributed by atoms with van der Waals surface area (Å²) < 4.78 is 16.8. The van der Waals surface area contributed by atoms with E-state index in [0.717, 1.165) is 96.3 Å². The van der Waals surface area contributed by atoms with Gasteiger partial charge < -0.3 is 14.2 Å². The Morgan fingerprint density at radius 3 is 0.953 bits per heavy atom. The number of carbonyl (C=O) groups is 3. The fraction of sp³-hybridized carbons (Fsp3) is 0.776. The van der Waals surface area contributed by atoms with E-state index in [1.54, 1.807) is 0 Å². The second-order valence-corrected chi connectivity index (χ2v) is 18.1. The van der Waals surface area contributed by atoms with E-state index in [1.165, 1.54) is 135 Å². The molecule has 0 heterocycles. The van der Waals surface area contributed by atoms with Gasteiger partial charge in [-0.1, -0.05) is 210 Å². The predicted molar refractivity (Wildman–Crippen MR) is 275 cm³/mol. The van der Waals surface area contributed by atoms with Gasteiger partial charge in [0.2, 0.25) is 0 Å². The van der Waals surface area contributed by atoms with Gasteiger partial charge in [-0.2, -0.15) is 0 Å². The number of rotatable bonds is 49. The van der Waals surface area contributed by atoms with Gasteiger partial charge in [0.15, 0.2) is 6.10 Å². The average Bonchev–Trinajstić information content (AvgIpc) is 3.29. The minimum absolute atomic E-state index is 0.0843. The summed E-state index contributed by atoms with van der Waals surface area (Å²) in [7, 11) is 0. The van der Waals surface area contributed by atoms with Gasteiger partial charge in [0, 0.05) is 19.3 Å². The fourth-order valence-corrected chi connectivity index (χ4v) is 7.54. The van der Waals surface area contributed by atoms with Crippen LogP contribution in [0.25, 0.3) is 0 Å². The summed E-state index contributed by atoms with van der Waals surface area (Å²) in [5.74, 6) is -0.905. The van der Waals surface area contributed by atoms with Crippen LogP contribution in [0.5, 0.6) is 0 Å². The average molecular weight is 895 g/mol. The highest BCUT2D eigenvalue weighted by atomic mass is 16.6. The molecular formula is C58H102O6. The normalized spacial score (nSPS) is 12.5. The van der Waals surface area contributed by atoms with E-state index >= 15 is 0 Å². The molecule has 0 aromatic carbocycles. The monoisotopic (exact) mass is 895 g/mol. The minimum Gasteiger partial charge on any atom is -0.462 e. The van der Waals surface area contributed by atoms with Crippen LogP contribution in [0, 0.1) is 0 Å². The SMILES string of the molecule is CCCC/C=C\C/C=C\CCCCCCCC(=O)O[C@H](COC(=O)CCCCCCC/C=C\CCCCCC)COC(=O)CCCCCCCCCCC/C=C\C/C=C\CCCCC. The minimum atomic E-state index is -0.786. The molecule has 1 atom stereocenters. The van der Waals surface area contributed by atoms with Gasteiger partial charge in [0.25, 0.3) is 0 Å². The molecule has 370 valence electrons. The lowest BCUT2D eigenvalue weighted by Gasteiger charge is -2.18. The van der Waals surface area contributed by atoms with Crippen molar-refractivity contribution in [1.82, 2.24) is 0 Å². The number of allylic oxidation sites excluding steroid dienone is 10. The van der Waals surface area contributed by atoms with Crippen LogP contribution < -0.4 is 0 Å². The van der Waals surface area contributed by atoms with Crippen molar-refractivity contribution in [2.24, 2.45) is 0 Å². The number of unbranched alkanes of at least 4 members (excludes halogenated alkanes) is 28. The van der Waals surface area contributed by atoms with Crippen molar-refractivity contribution in [3.8, 4) is 0 Å². The first-order valence-electron chi connectivity index (χ1n) is 27.3. The lowest BCUT2D eigenvalue weighted by molar-refractivity contribution is -0.167. The summed E-state index contributed by atoms with van der Waals surface area (Å²) in [6, 6.07) is 0. The van der Waals surface area contributed by atoms with Crippen molar-refractivity contribution in [1.29, 1.82) is 0 Å². The molecule has 0 unspecified atom stereocenters. The molecule has 0 saturated heterocycles. The van der Waals surface area contributed by atoms with Crippen LogP contribution in [0.1, 0.15) is 271 Å². The smallest absolute Gasteiger partial charge is 0.306 e. The zero-order valence-electron chi connectivity index (χ0n) is 42.3. The molecule has 0 aliphatic rings. The van der Waals surface area contributed by atoms with Crippen LogP contribution in [0.15, 0.2) is 60.8 Å². The first-order chi connectivity index (χ1) is 31.5.